The quantitative estimate of drug-likeness (QED) is 0.374. The number of nitrogens with zero attached hydrogens (tertiary/aromatic N) is 4. The molecule has 0 bridgehead atoms. The number of aromatic nitrogens is 3. The number of alkyl halides is 3. The number of ether oxygens (including phenoxy) is 1. The number of hydrogen-bond donors (Lipinski definition) is 3. The van der Waals surface area contributed by atoms with Crippen LogP contribution in [0.25, 0.3) is 0 Å². The van der Waals surface area contributed by atoms with Gasteiger partial charge in [-0.2, -0.15) is 18.2 Å². The molecule has 10 nitrogen and oxygen atoms in total. The topological polar surface area (TPSA) is 121 Å². The van der Waals surface area contributed by atoms with Crippen LogP contribution in [0.5, 0.6) is 0 Å². The molecule has 3 N–H and O–H groups in total. The molecule has 198 valence electrons. The minimum atomic E-state index is -4.71. The van der Waals surface area contributed by atoms with E-state index in [1.54, 1.807) is 18.2 Å². The van der Waals surface area contributed by atoms with Crippen LogP contribution >= 0.6 is 0 Å². The number of sulfonamides is 1. The Bertz CT molecular complexity index is 1330. The summed E-state index contributed by atoms with van der Waals surface area (Å²) in [6.07, 6.45) is -2.62. The third-order valence-corrected chi connectivity index (χ3v) is 6.81. The van der Waals surface area contributed by atoms with E-state index in [1.165, 1.54) is 13.1 Å². The van der Waals surface area contributed by atoms with E-state index in [9.17, 15) is 21.6 Å². The lowest BCUT2D eigenvalue weighted by molar-refractivity contribution is -0.137. The van der Waals surface area contributed by atoms with Gasteiger partial charge < -0.3 is 20.3 Å². The number of rotatable bonds is 9. The summed E-state index contributed by atoms with van der Waals surface area (Å²) >= 11 is 0. The van der Waals surface area contributed by atoms with Crippen molar-refractivity contribution in [1.29, 1.82) is 0 Å². The van der Waals surface area contributed by atoms with Crippen molar-refractivity contribution in [1.82, 2.24) is 15.0 Å². The van der Waals surface area contributed by atoms with Crippen LogP contribution in [-0.4, -0.2) is 55.4 Å². The van der Waals surface area contributed by atoms with E-state index in [0.29, 0.717) is 30.7 Å². The second kappa shape index (κ2) is 11.2. The lowest BCUT2D eigenvalue weighted by Crippen LogP contribution is -2.36. The smallest absolute Gasteiger partial charge is 0.378 e. The van der Waals surface area contributed by atoms with Crippen molar-refractivity contribution in [3.63, 3.8) is 0 Å². The van der Waals surface area contributed by atoms with Crippen LogP contribution in [0.3, 0.4) is 0 Å². The second-order valence-electron chi connectivity index (χ2n) is 8.10. The minimum absolute atomic E-state index is 0.0257. The van der Waals surface area contributed by atoms with Gasteiger partial charge in [0, 0.05) is 49.0 Å². The van der Waals surface area contributed by atoms with Crippen molar-refractivity contribution >= 4 is 39.0 Å². The van der Waals surface area contributed by atoms with Crippen molar-refractivity contribution < 1.29 is 26.3 Å². The highest BCUT2D eigenvalue weighted by Crippen LogP contribution is 2.34. The van der Waals surface area contributed by atoms with E-state index in [0.717, 1.165) is 18.8 Å². The van der Waals surface area contributed by atoms with Crippen LogP contribution in [0, 0.1) is 0 Å². The van der Waals surface area contributed by atoms with Gasteiger partial charge in [-0.15, -0.1) is 0 Å². The summed E-state index contributed by atoms with van der Waals surface area (Å²) in [5.74, 6) is -0.643. The van der Waals surface area contributed by atoms with Crippen LogP contribution in [0.15, 0.2) is 48.8 Å². The van der Waals surface area contributed by atoms with E-state index < -0.39 is 27.6 Å². The Morgan fingerprint density at radius 1 is 1.08 bits per heavy atom. The number of benzene rings is 1. The molecule has 2 aromatic heterocycles. The molecule has 0 radical (unpaired) electrons. The highest BCUT2D eigenvalue weighted by atomic mass is 32.2. The van der Waals surface area contributed by atoms with Gasteiger partial charge in [-0.05, 0) is 31.2 Å². The van der Waals surface area contributed by atoms with Crippen molar-refractivity contribution in [2.24, 2.45) is 0 Å². The minimum Gasteiger partial charge on any atom is -0.378 e. The van der Waals surface area contributed by atoms with E-state index in [1.807, 2.05) is 18.2 Å². The van der Waals surface area contributed by atoms with Gasteiger partial charge in [-0.25, -0.2) is 18.4 Å². The first-order chi connectivity index (χ1) is 17.6. The third kappa shape index (κ3) is 6.98. The van der Waals surface area contributed by atoms with Crippen molar-refractivity contribution in [2.45, 2.75) is 19.6 Å². The summed E-state index contributed by atoms with van der Waals surface area (Å²) < 4.78 is 72.7. The zero-order valence-electron chi connectivity index (χ0n) is 19.9. The Kier molecular flexibility index (Phi) is 7.97. The van der Waals surface area contributed by atoms with Gasteiger partial charge >= 0.3 is 6.18 Å². The summed E-state index contributed by atoms with van der Waals surface area (Å²) in [5, 5.41) is 5.62. The first kappa shape index (κ1) is 26.4. The second-order valence-corrected chi connectivity index (χ2v) is 10.1. The fraction of sp³-hybridized carbons (Fsp3) is 0.348. The fourth-order valence-corrected chi connectivity index (χ4v) is 4.21. The van der Waals surface area contributed by atoms with Gasteiger partial charge in [0.2, 0.25) is 16.0 Å². The third-order valence-electron chi connectivity index (χ3n) is 5.54. The number of anilines is 5. The van der Waals surface area contributed by atoms with Crippen molar-refractivity contribution in [2.75, 3.05) is 52.3 Å². The van der Waals surface area contributed by atoms with Crippen LogP contribution in [0.2, 0.25) is 0 Å². The maximum atomic E-state index is 13.7. The Morgan fingerprint density at radius 2 is 1.86 bits per heavy atom. The average molecular weight is 538 g/mol. The molecule has 0 saturated carbocycles. The molecule has 14 heteroatoms. The Morgan fingerprint density at radius 3 is 2.59 bits per heavy atom. The van der Waals surface area contributed by atoms with Gasteiger partial charge in [-0.3, -0.25) is 4.72 Å². The summed E-state index contributed by atoms with van der Waals surface area (Å²) in [6, 6.07) is 10.5. The fourth-order valence-electron chi connectivity index (χ4n) is 3.59. The number of hydrogen-bond acceptors (Lipinski definition) is 9. The number of morpholine rings is 1. The molecule has 0 spiro atoms. The first-order valence-corrected chi connectivity index (χ1v) is 13.1. The maximum absolute atomic E-state index is 13.7. The molecule has 1 aromatic carbocycles. The van der Waals surface area contributed by atoms with Crippen LogP contribution in [0.4, 0.5) is 42.1 Å². The van der Waals surface area contributed by atoms with Crippen LogP contribution in [-0.2, 0) is 27.5 Å². The zero-order chi connectivity index (χ0) is 26.5. The van der Waals surface area contributed by atoms with Crippen LogP contribution < -0.4 is 20.3 Å². The summed E-state index contributed by atoms with van der Waals surface area (Å²) in [6.45, 7) is 4.00. The van der Waals surface area contributed by atoms with E-state index in [-0.39, 0.29) is 24.1 Å². The Balaban J connectivity index is 1.56. The van der Waals surface area contributed by atoms with E-state index >= 15 is 0 Å². The molecular formula is C23H26F3N7O3S. The SMILES string of the molecule is CCS(=O)(=O)Nc1ncccc1CNc1nc(Nc2cccc(N3CCOCC3)c2)ncc1C(F)(F)F. The largest absolute Gasteiger partial charge is 0.421 e. The molecule has 0 unspecified atom stereocenters. The first-order valence-electron chi connectivity index (χ1n) is 11.5. The number of halogens is 3. The summed E-state index contributed by atoms with van der Waals surface area (Å²) in [7, 11) is -3.63. The van der Waals surface area contributed by atoms with E-state index in [4.69, 9.17) is 4.74 Å². The highest BCUT2D eigenvalue weighted by molar-refractivity contribution is 7.92. The highest BCUT2D eigenvalue weighted by Gasteiger charge is 2.35. The molecule has 4 rings (SSSR count). The molecule has 37 heavy (non-hydrogen) atoms. The molecule has 0 amide bonds. The van der Waals surface area contributed by atoms with Crippen molar-refractivity contribution in [3.8, 4) is 0 Å². The zero-order valence-corrected chi connectivity index (χ0v) is 20.7. The Hall–Kier alpha value is -3.65. The molecule has 0 atom stereocenters. The number of pyridine rings is 1. The predicted molar refractivity (Wildman–Crippen MR) is 134 cm³/mol. The molecule has 1 saturated heterocycles. The van der Waals surface area contributed by atoms with Crippen LogP contribution in [0.1, 0.15) is 18.1 Å². The van der Waals surface area contributed by atoms with Crippen molar-refractivity contribution in [3.05, 3.63) is 59.9 Å². The molecule has 1 fully saturated rings. The average Bonchev–Trinajstić information content (AvgIpc) is 2.88. The molecule has 3 heterocycles. The Labute approximate surface area is 212 Å². The normalized spacial score (nSPS) is 14.3. The maximum Gasteiger partial charge on any atom is 0.421 e. The molecule has 0 aliphatic carbocycles. The van der Waals surface area contributed by atoms with Gasteiger partial charge in [0.25, 0.3) is 0 Å². The summed E-state index contributed by atoms with van der Waals surface area (Å²) in [4.78, 5) is 14.1. The molecule has 1 aliphatic heterocycles. The summed E-state index contributed by atoms with van der Waals surface area (Å²) in [5.41, 5.74) is 0.842. The molecule has 3 aromatic rings. The molecule has 1 aliphatic rings. The predicted octanol–water partition coefficient (Wildman–Crippen LogP) is 3.84. The van der Waals surface area contributed by atoms with Gasteiger partial charge in [0.1, 0.15) is 17.2 Å². The van der Waals surface area contributed by atoms with Gasteiger partial charge in [0.05, 0.1) is 19.0 Å². The van der Waals surface area contributed by atoms with Gasteiger partial charge in [-0.1, -0.05) is 12.1 Å². The monoisotopic (exact) mass is 537 g/mol. The lowest BCUT2D eigenvalue weighted by Gasteiger charge is -2.29. The lowest BCUT2D eigenvalue weighted by atomic mass is 10.2. The van der Waals surface area contributed by atoms with Gasteiger partial charge in [0.15, 0.2) is 0 Å². The van der Waals surface area contributed by atoms with E-state index in [2.05, 4.69) is 35.2 Å². The standard InChI is InChI=1S/C23H26F3N7O3S/c1-2-37(34,35)32-20-16(5-4-8-27-20)14-28-21-19(23(24,25)26)15-29-22(31-21)30-17-6-3-7-18(13-17)33-9-11-36-12-10-33/h3-8,13,15H,2,9-12,14H2,1H3,(H,27,32)(H2,28,29,30,31). The number of nitrogens with one attached hydrogen (secondary N) is 3. The molecular weight excluding hydrogens is 511 g/mol.